The van der Waals surface area contributed by atoms with Gasteiger partial charge in [-0.3, -0.25) is 4.79 Å². The van der Waals surface area contributed by atoms with E-state index in [4.69, 9.17) is 4.74 Å². The molecule has 21 heavy (non-hydrogen) atoms. The highest BCUT2D eigenvalue weighted by molar-refractivity contribution is 6.05. The first-order chi connectivity index (χ1) is 10.3. The summed E-state index contributed by atoms with van der Waals surface area (Å²) >= 11 is 0. The van der Waals surface area contributed by atoms with Gasteiger partial charge in [0.15, 0.2) is 6.10 Å². The van der Waals surface area contributed by atoms with E-state index in [2.05, 4.69) is 0 Å². The molecule has 0 unspecified atom stereocenters. The summed E-state index contributed by atoms with van der Waals surface area (Å²) < 4.78 is 5.31. The van der Waals surface area contributed by atoms with Crippen LogP contribution in [0.4, 0.5) is 5.69 Å². The van der Waals surface area contributed by atoms with Gasteiger partial charge in [-0.25, -0.2) is 0 Å². The first-order valence-corrected chi connectivity index (χ1v) is 6.95. The second-order valence-electron chi connectivity index (χ2n) is 4.96. The fraction of sp³-hybridized carbons (Fsp3) is 0.167. The number of rotatable bonds is 4. The summed E-state index contributed by atoms with van der Waals surface area (Å²) in [6.07, 6.45) is 3.65. The smallest absolute Gasteiger partial charge is 0.259 e. The van der Waals surface area contributed by atoms with Crippen LogP contribution in [0.2, 0.25) is 0 Å². The Labute approximate surface area is 124 Å². The molecule has 0 bridgehead atoms. The molecule has 2 aromatic rings. The predicted octanol–water partition coefficient (Wildman–Crippen LogP) is 3.13. The molecule has 3 nitrogen and oxygen atoms in total. The Kier molecular flexibility index (Phi) is 3.84. The number of amides is 1. The largest absolute Gasteiger partial charge is 0.369 e. The van der Waals surface area contributed by atoms with Crippen LogP contribution in [-0.4, -0.2) is 25.2 Å². The fourth-order valence-corrected chi connectivity index (χ4v) is 2.57. The molecule has 0 saturated carbocycles. The first-order valence-electron chi connectivity index (χ1n) is 6.95. The van der Waals surface area contributed by atoms with Gasteiger partial charge >= 0.3 is 0 Å². The van der Waals surface area contributed by atoms with E-state index in [0.717, 1.165) is 11.3 Å². The van der Waals surface area contributed by atoms with Gasteiger partial charge in [-0.15, -0.1) is 0 Å². The van der Waals surface area contributed by atoms with Gasteiger partial charge < -0.3 is 9.64 Å². The van der Waals surface area contributed by atoms with Crippen molar-refractivity contribution in [1.82, 2.24) is 0 Å². The molecule has 1 fully saturated rings. The minimum absolute atomic E-state index is 0.00594. The SMILES string of the molecule is CO[C@@H]1C(=O)N(c2ccccc2)[C@@H]1/C=C/c1ccccc1. The number of carbonyl (C=O) groups is 1. The molecule has 1 aliphatic heterocycles. The Bertz CT molecular complexity index is 637. The number of benzene rings is 2. The number of β-lactam (4-membered cyclic amide) rings is 1. The molecule has 2 aromatic carbocycles. The third kappa shape index (κ3) is 2.60. The topological polar surface area (TPSA) is 29.5 Å². The quantitative estimate of drug-likeness (QED) is 0.805. The maximum absolute atomic E-state index is 12.2. The molecular weight excluding hydrogens is 262 g/mol. The van der Waals surface area contributed by atoms with Crippen LogP contribution in [-0.2, 0) is 9.53 Å². The molecule has 1 heterocycles. The van der Waals surface area contributed by atoms with E-state index in [0.29, 0.717) is 0 Å². The van der Waals surface area contributed by atoms with E-state index >= 15 is 0 Å². The monoisotopic (exact) mass is 279 g/mol. The Morgan fingerprint density at radius 2 is 1.62 bits per heavy atom. The predicted molar refractivity (Wildman–Crippen MR) is 84.0 cm³/mol. The Balaban J connectivity index is 1.84. The van der Waals surface area contributed by atoms with Crippen LogP contribution in [0, 0.1) is 0 Å². The second-order valence-corrected chi connectivity index (χ2v) is 4.96. The van der Waals surface area contributed by atoms with Crippen molar-refractivity contribution in [3.8, 4) is 0 Å². The third-order valence-corrected chi connectivity index (χ3v) is 3.66. The maximum atomic E-state index is 12.2. The van der Waals surface area contributed by atoms with Crippen LogP contribution in [0.3, 0.4) is 0 Å². The van der Waals surface area contributed by atoms with Crippen LogP contribution in [0.25, 0.3) is 6.08 Å². The molecule has 0 spiro atoms. The zero-order valence-corrected chi connectivity index (χ0v) is 11.8. The number of ether oxygens (including phenoxy) is 1. The van der Waals surface area contributed by atoms with Crippen molar-refractivity contribution in [2.24, 2.45) is 0 Å². The van der Waals surface area contributed by atoms with E-state index in [9.17, 15) is 4.79 Å². The molecule has 3 heteroatoms. The van der Waals surface area contributed by atoms with Crippen LogP contribution >= 0.6 is 0 Å². The summed E-state index contributed by atoms with van der Waals surface area (Å²) in [6.45, 7) is 0. The Morgan fingerprint density at radius 3 is 2.24 bits per heavy atom. The number of hydrogen-bond donors (Lipinski definition) is 0. The molecular formula is C18H17NO2. The zero-order chi connectivity index (χ0) is 14.7. The number of para-hydroxylation sites is 1. The lowest BCUT2D eigenvalue weighted by atomic mass is 9.95. The van der Waals surface area contributed by atoms with Gasteiger partial charge in [-0.2, -0.15) is 0 Å². The lowest BCUT2D eigenvalue weighted by Crippen LogP contribution is -2.65. The molecule has 0 aliphatic carbocycles. The van der Waals surface area contributed by atoms with Crippen molar-refractivity contribution in [3.63, 3.8) is 0 Å². The number of anilines is 1. The number of carbonyl (C=O) groups excluding carboxylic acids is 1. The minimum atomic E-state index is -0.398. The highest BCUT2D eigenvalue weighted by atomic mass is 16.5. The molecule has 0 radical (unpaired) electrons. The Hall–Kier alpha value is -2.39. The first kappa shape index (κ1) is 13.6. The Morgan fingerprint density at radius 1 is 1.00 bits per heavy atom. The molecule has 2 atom stereocenters. The van der Waals surface area contributed by atoms with Crippen LogP contribution in [0.5, 0.6) is 0 Å². The summed E-state index contributed by atoms with van der Waals surface area (Å²) in [5.41, 5.74) is 2.01. The highest BCUT2D eigenvalue weighted by Gasteiger charge is 2.46. The summed E-state index contributed by atoms with van der Waals surface area (Å²) in [5.74, 6) is 0.00594. The van der Waals surface area contributed by atoms with Crippen molar-refractivity contribution in [2.45, 2.75) is 12.1 Å². The van der Waals surface area contributed by atoms with Crippen molar-refractivity contribution in [1.29, 1.82) is 0 Å². The average Bonchev–Trinajstić information content (AvgIpc) is 2.53. The molecule has 1 aliphatic rings. The molecule has 0 N–H and O–H groups in total. The maximum Gasteiger partial charge on any atom is 0.259 e. The van der Waals surface area contributed by atoms with Crippen molar-refractivity contribution in [3.05, 3.63) is 72.3 Å². The van der Waals surface area contributed by atoms with Gasteiger partial charge in [0.25, 0.3) is 5.91 Å². The lowest BCUT2D eigenvalue weighted by molar-refractivity contribution is -0.137. The molecule has 1 saturated heterocycles. The van der Waals surface area contributed by atoms with Gasteiger partial charge in [0.05, 0.1) is 6.04 Å². The van der Waals surface area contributed by atoms with Crippen molar-refractivity contribution in [2.75, 3.05) is 12.0 Å². The van der Waals surface area contributed by atoms with E-state index in [1.807, 2.05) is 72.8 Å². The number of nitrogens with zero attached hydrogens (tertiary/aromatic N) is 1. The molecule has 106 valence electrons. The highest BCUT2D eigenvalue weighted by Crippen LogP contribution is 2.30. The fourth-order valence-electron chi connectivity index (χ4n) is 2.57. The summed E-state index contributed by atoms with van der Waals surface area (Å²) in [5, 5.41) is 0. The van der Waals surface area contributed by atoms with Gasteiger partial charge in [0.1, 0.15) is 0 Å². The van der Waals surface area contributed by atoms with E-state index < -0.39 is 6.10 Å². The van der Waals surface area contributed by atoms with Gasteiger partial charge in [-0.05, 0) is 17.7 Å². The molecule has 3 rings (SSSR count). The summed E-state index contributed by atoms with van der Waals surface area (Å²) in [7, 11) is 1.58. The average molecular weight is 279 g/mol. The second kappa shape index (κ2) is 5.94. The summed E-state index contributed by atoms with van der Waals surface area (Å²) in [6, 6.07) is 19.7. The van der Waals surface area contributed by atoms with E-state index in [1.54, 1.807) is 12.0 Å². The van der Waals surface area contributed by atoms with Gasteiger partial charge in [0, 0.05) is 12.8 Å². The molecule has 0 aromatic heterocycles. The van der Waals surface area contributed by atoms with E-state index in [-0.39, 0.29) is 11.9 Å². The van der Waals surface area contributed by atoms with E-state index in [1.165, 1.54) is 0 Å². The lowest BCUT2D eigenvalue weighted by Gasteiger charge is -2.44. The normalized spacial score (nSPS) is 21.6. The van der Waals surface area contributed by atoms with Gasteiger partial charge in [0.2, 0.25) is 0 Å². The van der Waals surface area contributed by atoms with Crippen LogP contribution in [0.1, 0.15) is 5.56 Å². The van der Waals surface area contributed by atoms with Crippen molar-refractivity contribution < 1.29 is 9.53 Å². The van der Waals surface area contributed by atoms with Gasteiger partial charge in [-0.1, -0.05) is 60.7 Å². The standard InChI is InChI=1S/C18H17NO2/c1-21-17-16(13-12-14-8-4-2-5-9-14)19(18(17)20)15-10-6-3-7-11-15/h2-13,16-17H,1H3/b13-12+/t16-,17+/m1/s1. The molecule has 1 amide bonds. The number of methoxy groups -OCH3 is 1. The summed E-state index contributed by atoms with van der Waals surface area (Å²) in [4.78, 5) is 14.0. The van der Waals surface area contributed by atoms with Crippen LogP contribution < -0.4 is 4.90 Å². The third-order valence-electron chi connectivity index (χ3n) is 3.66. The zero-order valence-electron chi connectivity index (χ0n) is 11.8. The minimum Gasteiger partial charge on any atom is -0.369 e. The van der Waals surface area contributed by atoms with Crippen molar-refractivity contribution >= 4 is 17.7 Å². The van der Waals surface area contributed by atoms with Crippen LogP contribution in [0.15, 0.2) is 66.7 Å². The number of hydrogen-bond acceptors (Lipinski definition) is 2.